The van der Waals surface area contributed by atoms with E-state index in [4.69, 9.17) is 4.74 Å². The van der Waals surface area contributed by atoms with Crippen LogP contribution < -0.4 is 0 Å². The molecule has 0 aliphatic rings. The summed E-state index contributed by atoms with van der Waals surface area (Å²) in [6, 6.07) is 0. The summed E-state index contributed by atoms with van der Waals surface area (Å²) in [7, 11) is 0. The van der Waals surface area contributed by atoms with E-state index in [2.05, 4.69) is 13.8 Å². The number of hydrogen-bond donors (Lipinski definition) is 0. The molecule has 0 atom stereocenters. The zero-order chi connectivity index (χ0) is 12.8. The summed E-state index contributed by atoms with van der Waals surface area (Å²) in [6.07, 6.45) is 13.0. The Morgan fingerprint density at radius 2 is 1.41 bits per heavy atom. The van der Waals surface area contributed by atoms with Crippen molar-refractivity contribution >= 4 is 6.47 Å². The molecular formula is C15H30O2. The molecule has 0 aromatic heterocycles. The Bertz CT molecular complexity index is 147. The van der Waals surface area contributed by atoms with Crippen molar-refractivity contribution < 1.29 is 9.53 Å². The Kier molecular flexibility index (Phi) is 13.1. The van der Waals surface area contributed by atoms with Crippen LogP contribution in [0.1, 0.15) is 78.1 Å². The number of carbonyl (C=O) groups excluding carboxylic acids is 1. The second-order valence-electron chi connectivity index (χ2n) is 4.97. The topological polar surface area (TPSA) is 26.3 Å². The van der Waals surface area contributed by atoms with Crippen LogP contribution >= 0.6 is 0 Å². The van der Waals surface area contributed by atoms with Crippen molar-refractivity contribution in [2.75, 3.05) is 6.61 Å². The fourth-order valence-corrected chi connectivity index (χ4v) is 2.30. The van der Waals surface area contributed by atoms with Crippen molar-refractivity contribution in [3.05, 3.63) is 0 Å². The molecule has 0 saturated heterocycles. The minimum atomic E-state index is 0.559. The van der Waals surface area contributed by atoms with Crippen molar-refractivity contribution in [2.45, 2.75) is 78.1 Å². The van der Waals surface area contributed by atoms with Gasteiger partial charge in [0.05, 0.1) is 6.61 Å². The summed E-state index contributed by atoms with van der Waals surface area (Å²) < 4.78 is 4.75. The van der Waals surface area contributed by atoms with Crippen LogP contribution in [-0.4, -0.2) is 13.1 Å². The van der Waals surface area contributed by atoms with E-state index < -0.39 is 0 Å². The van der Waals surface area contributed by atoms with E-state index in [1.54, 1.807) is 0 Å². The maximum absolute atomic E-state index is 10.0. The fraction of sp³-hybridized carbons (Fsp3) is 0.933. The largest absolute Gasteiger partial charge is 0.468 e. The molecule has 0 unspecified atom stereocenters. The monoisotopic (exact) mass is 242 g/mol. The lowest BCUT2D eigenvalue weighted by Gasteiger charge is -2.16. The van der Waals surface area contributed by atoms with Gasteiger partial charge in [0.25, 0.3) is 6.47 Å². The molecule has 0 radical (unpaired) electrons. The smallest absolute Gasteiger partial charge is 0.293 e. The van der Waals surface area contributed by atoms with Gasteiger partial charge in [-0.25, -0.2) is 0 Å². The molecule has 0 aromatic carbocycles. The van der Waals surface area contributed by atoms with Gasteiger partial charge in [0, 0.05) is 0 Å². The van der Waals surface area contributed by atoms with Crippen molar-refractivity contribution in [2.24, 2.45) is 5.92 Å². The predicted octanol–water partition coefficient (Wildman–Crippen LogP) is 4.72. The van der Waals surface area contributed by atoms with Crippen molar-refractivity contribution in [1.82, 2.24) is 0 Å². The van der Waals surface area contributed by atoms with E-state index in [-0.39, 0.29) is 0 Å². The van der Waals surface area contributed by atoms with Gasteiger partial charge in [-0.2, -0.15) is 0 Å². The molecule has 17 heavy (non-hydrogen) atoms. The van der Waals surface area contributed by atoms with Crippen molar-refractivity contribution in [3.63, 3.8) is 0 Å². The van der Waals surface area contributed by atoms with Gasteiger partial charge in [-0.05, 0) is 18.8 Å². The Morgan fingerprint density at radius 3 is 1.88 bits per heavy atom. The minimum Gasteiger partial charge on any atom is -0.468 e. The third-order valence-electron chi connectivity index (χ3n) is 3.37. The summed E-state index contributed by atoms with van der Waals surface area (Å²) in [4.78, 5) is 10.0. The van der Waals surface area contributed by atoms with Crippen molar-refractivity contribution in [3.8, 4) is 0 Å². The van der Waals surface area contributed by atoms with Crippen LogP contribution in [0.25, 0.3) is 0 Å². The maximum atomic E-state index is 10.0. The molecule has 0 fully saturated rings. The van der Waals surface area contributed by atoms with Crippen LogP contribution in [0.5, 0.6) is 0 Å². The second-order valence-corrected chi connectivity index (χ2v) is 4.97. The van der Waals surface area contributed by atoms with Crippen LogP contribution in [0.3, 0.4) is 0 Å². The van der Waals surface area contributed by atoms with Gasteiger partial charge in [0.1, 0.15) is 0 Å². The average molecular weight is 242 g/mol. The van der Waals surface area contributed by atoms with E-state index in [0.717, 1.165) is 12.3 Å². The van der Waals surface area contributed by atoms with Gasteiger partial charge >= 0.3 is 0 Å². The number of hydrogen-bond acceptors (Lipinski definition) is 2. The molecular weight excluding hydrogens is 212 g/mol. The van der Waals surface area contributed by atoms with Gasteiger partial charge in [0.2, 0.25) is 0 Å². The minimum absolute atomic E-state index is 0.559. The number of carbonyl (C=O) groups is 1. The van der Waals surface area contributed by atoms with E-state index in [0.29, 0.717) is 13.1 Å². The summed E-state index contributed by atoms with van der Waals surface area (Å²) in [5.74, 6) is 0.850. The molecule has 102 valence electrons. The maximum Gasteiger partial charge on any atom is 0.293 e. The zero-order valence-corrected chi connectivity index (χ0v) is 11.7. The molecule has 0 aromatic rings. The molecule has 0 rings (SSSR count). The fourth-order valence-electron chi connectivity index (χ4n) is 2.30. The standard InChI is InChI=1S/C15H30O2/c1-3-5-7-10-15(11-8-6-4-2)12-9-13-17-14-16/h14-15H,3-13H2,1-2H3. The Morgan fingerprint density at radius 1 is 0.882 bits per heavy atom. The predicted molar refractivity (Wildman–Crippen MR) is 73.0 cm³/mol. The SMILES string of the molecule is CCCCCC(CCCCC)CCCOC=O. The quantitative estimate of drug-likeness (QED) is 0.345. The van der Waals surface area contributed by atoms with E-state index in [9.17, 15) is 4.79 Å². The molecule has 0 aliphatic carbocycles. The second kappa shape index (κ2) is 13.5. The van der Waals surface area contributed by atoms with E-state index in [1.165, 1.54) is 57.8 Å². The number of ether oxygens (including phenoxy) is 1. The first-order chi connectivity index (χ1) is 8.35. The first-order valence-corrected chi connectivity index (χ1v) is 7.40. The summed E-state index contributed by atoms with van der Waals surface area (Å²) in [5, 5.41) is 0. The summed E-state index contributed by atoms with van der Waals surface area (Å²) in [5.41, 5.74) is 0. The van der Waals surface area contributed by atoms with E-state index >= 15 is 0 Å². The molecule has 2 heteroatoms. The first kappa shape index (κ1) is 16.5. The molecule has 0 heterocycles. The lowest BCUT2D eigenvalue weighted by atomic mass is 9.91. The van der Waals surface area contributed by atoms with Crippen molar-refractivity contribution in [1.29, 1.82) is 0 Å². The zero-order valence-electron chi connectivity index (χ0n) is 11.7. The van der Waals surface area contributed by atoms with Gasteiger partial charge in [-0.1, -0.05) is 65.2 Å². The molecule has 0 N–H and O–H groups in total. The van der Waals surface area contributed by atoms with Crippen LogP contribution in [-0.2, 0) is 9.53 Å². The highest BCUT2D eigenvalue weighted by Crippen LogP contribution is 2.22. The van der Waals surface area contributed by atoms with Gasteiger partial charge in [-0.15, -0.1) is 0 Å². The molecule has 0 bridgehead atoms. The lowest BCUT2D eigenvalue weighted by Crippen LogP contribution is -2.03. The van der Waals surface area contributed by atoms with Gasteiger partial charge in [0.15, 0.2) is 0 Å². The third kappa shape index (κ3) is 11.7. The Labute approximate surface area is 107 Å². The normalized spacial score (nSPS) is 10.8. The number of rotatable bonds is 13. The molecule has 0 saturated carbocycles. The van der Waals surface area contributed by atoms with Crippen LogP contribution in [0.2, 0.25) is 0 Å². The molecule has 0 spiro atoms. The Balaban J connectivity index is 3.63. The highest BCUT2D eigenvalue weighted by Gasteiger charge is 2.08. The van der Waals surface area contributed by atoms with Crippen LogP contribution in [0.4, 0.5) is 0 Å². The number of unbranched alkanes of at least 4 members (excludes halogenated alkanes) is 4. The first-order valence-electron chi connectivity index (χ1n) is 7.40. The van der Waals surface area contributed by atoms with E-state index in [1.807, 2.05) is 0 Å². The third-order valence-corrected chi connectivity index (χ3v) is 3.37. The molecule has 2 nitrogen and oxygen atoms in total. The Hall–Kier alpha value is -0.530. The van der Waals surface area contributed by atoms with Gasteiger partial charge < -0.3 is 4.74 Å². The van der Waals surface area contributed by atoms with Crippen LogP contribution in [0.15, 0.2) is 0 Å². The highest BCUT2D eigenvalue weighted by molar-refractivity contribution is 5.36. The lowest BCUT2D eigenvalue weighted by molar-refractivity contribution is -0.128. The van der Waals surface area contributed by atoms with Crippen LogP contribution in [0, 0.1) is 5.92 Å². The molecule has 0 aliphatic heterocycles. The van der Waals surface area contributed by atoms with Gasteiger partial charge in [-0.3, -0.25) is 4.79 Å². The highest BCUT2D eigenvalue weighted by atomic mass is 16.5. The molecule has 0 amide bonds. The summed E-state index contributed by atoms with van der Waals surface area (Å²) in [6.45, 7) is 5.67. The average Bonchev–Trinajstić information content (AvgIpc) is 2.34. The summed E-state index contributed by atoms with van der Waals surface area (Å²) >= 11 is 0.